The molecule has 3 heterocycles. The Hall–Kier alpha value is -3.33. The van der Waals surface area contributed by atoms with E-state index in [0.29, 0.717) is 6.61 Å². The number of pyridine rings is 2. The van der Waals surface area contributed by atoms with E-state index in [0.717, 1.165) is 22.3 Å². The third-order valence-electron chi connectivity index (χ3n) is 4.60. The molecule has 120 valence electrons. The predicted molar refractivity (Wildman–Crippen MR) is 99.7 cm³/mol. The molecule has 3 nitrogen and oxygen atoms in total. The Morgan fingerprint density at radius 2 is 1.64 bits per heavy atom. The fourth-order valence-electron chi connectivity index (χ4n) is 3.35. The van der Waals surface area contributed by atoms with Crippen LogP contribution >= 0.6 is 0 Å². The minimum Gasteiger partial charge on any atom is -0.483 e. The number of aromatic nitrogens is 2. The van der Waals surface area contributed by atoms with E-state index in [-0.39, 0.29) is 0 Å². The van der Waals surface area contributed by atoms with Gasteiger partial charge in [0.05, 0.1) is 0 Å². The molecule has 1 N–H and O–H groups in total. The van der Waals surface area contributed by atoms with Crippen molar-refractivity contribution in [3.63, 3.8) is 0 Å². The summed E-state index contributed by atoms with van der Waals surface area (Å²) in [6, 6.07) is 24.9. The van der Waals surface area contributed by atoms with Crippen LogP contribution in [0.1, 0.15) is 5.56 Å². The second-order valence-electron chi connectivity index (χ2n) is 6.21. The molecule has 0 fully saturated rings. The van der Waals surface area contributed by atoms with Crippen LogP contribution in [0, 0.1) is 0 Å². The number of nitrogens with one attached hydrogen (secondary N) is 1. The summed E-state index contributed by atoms with van der Waals surface area (Å²) >= 11 is 0. The maximum absolute atomic E-state index is 5.94. The largest absolute Gasteiger partial charge is 0.483 e. The zero-order valence-electron chi connectivity index (χ0n) is 13.6. The lowest BCUT2D eigenvalue weighted by molar-refractivity contribution is -0.511. The van der Waals surface area contributed by atoms with Crippen LogP contribution in [0.2, 0.25) is 0 Å². The number of hydrogen-bond acceptors (Lipinski definition) is 1. The van der Waals surface area contributed by atoms with Crippen molar-refractivity contribution in [1.82, 2.24) is 4.98 Å². The molecule has 25 heavy (non-hydrogen) atoms. The molecular weight excluding hydrogens is 308 g/mol. The highest BCUT2D eigenvalue weighted by Gasteiger charge is 2.13. The minimum atomic E-state index is 0.571. The van der Waals surface area contributed by atoms with Gasteiger partial charge < -0.3 is 9.72 Å². The number of hydrogen-bond donors (Lipinski definition) is 1. The van der Waals surface area contributed by atoms with Gasteiger partial charge >= 0.3 is 0 Å². The SMILES string of the molecule is c1ccc(COc2ccc3c4[nH]c5ccccc5c4cc[n+]3c2)cc1. The Balaban J connectivity index is 1.56. The summed E-state index contributed by atoms with van der Waals surface area (Å²) in [6.07, 6.45) is 4.12. The van der Waals surface area contributed by atoms with Crippen molar-refractivity contribution >= 4 is 27.3 Å². The zero-order valence-corrected chi connectivity index (χ0v) is 13.6. The Kier molecular flexibility index (Phi) is 3.17. The van der Waals surface area contributed by atoms with Crippen molar-refractivity contribution in [2.75, 3.05) is 0 Å². The average molecular weight is 325 g/mol. The van der Waals surface area contributed by atoms with E-state index in [4.69, 9.17) is 4.74 Å². The minimum absolute atomic E-state index is 0.571. The zero-order chi connectivity index (χ0) is 16.6. The number of H-pyrrole nitrogens is 1. The molecule has 0 unspecified atom stereocenters. The quantitative estimate of drug-likeness (QED) is 0.481. The lowest BCUT2D eigenvalue weighted by Crippen LogP contribution is -2.20. The Morgan fingerprint density at radius 1 is 0.800 bits per heavy atom. The van der Waals surface area contributed by atoms with Gasteiger partial charge in [-0.1, -0.05) is 48.5 Å². The molecule has 0 aliphatic carbocycles. The van der Waals surface area contributed by atoms with E-state index in [9.17, 15) is 0 Å². The smallest absolute Gasteiger partial charge is 0.235 e. The number of fused-ring (bicyclic) bond motifs is 5. The Morgan fingerprint density at radius 3 is 2.56 bits per heavy atom. The first-order chi connectivity index (χ1) is 12.4. The second kappa shape index (κ2) is 5.64. The molecule has 3 aromatic heterocycles. The topological polar surface area (TPSA) is 29.1 Å². The summed E-state index contributed by atoms with van der Waals surface area (Å²) in [5.41, 5.74) is 4.62. The van der Waals surface area contributed by atoms with Crippen LogP contribution in [0.25, 0.3) is 27.3 Å². The molecule has 0 saturated heterocycles. The highest BCUT2D eigenvalue weighted by Crippen LogP contribution is 2.27. The first-order valence-corrected chi connectivity index (χ1v) is 8.40. The number of benzene rings is 2. The standard InChI is InChI=1S/C22H16N2O/c1-2-6-16(7-3-1)15-25-17-10-11-21-22-19(12-13-24(21)14-17)18-8-4-5-9-20(18)23-22/h1-14H,15H2/p+1. The van der Waals surface area contributed by atoms with E-state index >= 15 is 0 Å². The van der Waals surface area contributed by atoms with Gasteiger partial charge in [-0.3, -0.25) is 0 Å². The second-order valence-corrected chi connectivity index (χ2v) is 6.21. The average Bonchev–Trinajstić information content (AvgIpc) is 3.06. The third kappa shape index (κ3) is 2.41. The highest BCUT2D eigenvalue weighted by atomic mass is 16.5. The van der Waals surface area contributed by atoms with Crippen molar-refractivity contribution in [1.29, 1.82) is 0 Å². The van der Waals surface area contributed by atoms with Crippen LogP contribution in [0.4, 0.5) is 0 Å². The van der Waals surface area contributed by atoms with E-state index in [2.05, 4.69) is 64.1 Å². The van der Waals surface area contributed by atoms with Crippen LogP contribution in [0.5, 0.6) is 5.75 Å². The van der Waals surface area contributed by atoms with Crippen LogP contribution in [0.3, 0.4) is 0 Å². The summed E-state index contributed by atoms with van der Waals surface area (Å²) < 4.78 is 8.05. The van der Waals surface area contributed by atoms with Gasteiger partial charge in [-0.25, -0.2) is 0 Å². The molecule has 3 heteroatoms. The molecule has 0 saturated carbocycles. The van der Waals surface area contributed by atoms with Gasteiger partial charge in [-0.05, 0) is 17.7 Å². The van der Waals surface area contributed by atoms with E-state index in [1.165, 1.54) is 16.3 Å². The maximum Gasteiger partial charge on any atom is 0.235 e. The predicted octanol–water partition coefficient (Wildman–Crippen LogP) is 4.64. The van der Waals surface area contributed by atoms with E-state index in [1.807, 2.05) is 30.5 Å². The van der Waals surface area contributed by atoms with E-state index in [1.54, 1.807) is 0 Å². The number of ether oxygens (including phenoxy) is 1. The van der Waals surface area contributed by atoms with Crippen molar-refractivity contribution in [3.05, 3.63) is 90.8 Å². The lowest BCUT2D eigenvalue weighted by atomic mass is 10.1. The van der Waals surface area contributed by atoms with Crippen molar-refractivity contribution in [3.8, 4) is 5.75 Å². The molecule has 5 rings (SSSR count). The van der Waals surface area contributed by atoms with Crippen molar-refractivity contribution < 1.29 is 9.14 Å². The molecule has 0 atom stereocenters. The molecule has 5 aromatic rings. The van der Waals surface area contributed by atoms with Gasteiger partial charge in [0.15, 0.2) is 11.9 Å². The monoisotopic (exact) mass is 325 g/mol. The van der Waals surface area contributed by atoms with Crippen molar-refractivity contribution in [2.24, 2.45) is 0 Å². The summed E-state index contributed by atoms with van der Waals surface area (Å²) in [7, 11) is 0. The molecule has 0 spiro atoms. The van der Waals surface area contributed by atoms with Crippen LogP contribution in [0.15, 0.2) is 85.2 Å². The number of para-hydroxylation sites is 1. The summed E-state index contributed by atoms with van der Waals surface area (Å²) in [4.78, 5) is 3.54. The molecule has 0 amide bonds. The molecule has 2 aromatic carbocycles. The van der Waals surface area contributed by atoms with Gasteiger partial charge in [0.25, 0.3) is 0 Å². The normalized spacial score (nSPS) is 11.4. The molecule has 0 aliphatic heterocycles. The van der Waals surface area contributed by atoms with Gasteiger partial charge in [-0.2, -0.15) is 4.40 Å². The van der Waals surface area contributed by atoms with Gasteiger partial charge in [-0.15, -0.1) is 0 Å². The maximum atomic E-state index is 5.94. The number of rotatable bonds is 3. The van der Waals surface area contributed by atoms with Crippen LogP contribution < -0.4 is 9.14 Å². The number of aromatic amines is 1. The lowest BCUT2D eigenvalue weighted by Gasteiger charge is -2.04. The Bertz CT molecular complexity index is 1190. The number of nitrogens with zero attached hydrogens (tertiary/aromatic N) is 1. The fraction of sp³-hybridized carbons (Fsp3) is 0.0455. The Labute approximate surface area is 145 Å². The molecule has 0 aliphatic rings. The van der Waals surface area contributed by atoms with Crippen LogP contribution in [-0.2, 0) is 6.61 Å². The molecular formula is C22H17N2O+. The molecule has 0 bridgehead atoms. The molecule has 0 radical (unpaired) electrons. The highest BCUT2D eigenvalue weighted by molar-refractivity contribution is 6.10. The fourth-order valence-corrected chi connectivity index (χ4v) is 3.35. The summed E-state index contributed by atoms with van der Waals surface area (Å²) in [5, 5.41) is 2.50. The van der Waals surface area contributed by atoms with Gasteiger partial charge in [0, 0.05) is 28.4 Å². The van der Waals surface area contributed by atoms with Crippen LogP contribution in [-0.4, -0.2) is 4.98 Å². The summed E-state index contributed by atoms with van der Waals surface area (Å²) in [6.45, 7) is 0.571. The first-order valence-electron chi connectivity index (χ1n) is 8.40. The van der Waals surface area contributed by atoms with Gasteiger partial charge in [0.1, 0.15) is 12.1 Å². The van der Waals surface area contributed by atoms with Crippen molar-refractivity contribution in [2.45, 2.75) is 6.61 Å². The van der Waals surface area contributed by atoms with Gasteiger partial charge in [0.2, 0.25) is 11.7 Å². The summed E-state index contributed by atoms with van der Waals surface area (Å²) in [5.74, 6) is 0.858. The third-order valence-corrected chi connectivity index (χ3v) is 4.60. The van der Waals surface area contributed by atoms with E-state index < -0.39 is 0 Å². The first kappa shape index (κ1) is 14.1.